The fraction of sp³-hybridized carbons (Fsp3) is 0.333. The van der Waals surface area contributed by atoms with E-state index in [1.54, 1.807) is 0 Å². The van der Waals surface area contributed by atoms with Crippen molar-refractivity contribution >= 4 is 0 Å². The molecule has 0 spiro atoms. The fourth-order valence-electron chi connectivity index (χ4n) is 2.71. The van der Waals surface area contributed by atoms with Gasteiger partial charge in [-0.15, -0.1) is 0 Å². The number of benzene rings is 1. The van der Waals surface area contributed by atoms with Crippen molar-refractivity contribution < 1.29 is 4.74 Å². The largest absolute Gasteiger partial charge is 0.493 e. The lowest BCUT2D eigenvalue weighted by Crippen LogP contribution is -2.05. The maximum atomic E-state index is 5.86. The summed E-state index contributed by atoms with van der Waals surface area (Å²) in [6.07, 6.45) is 6.73. The van der Waals surface area contributed by atoms with Crippen molar-refractivity contribution in [1.29, 1.82) is 0 Å². The normalized spacial score (nSPS) is 10.9. The predicted octanol–water partition coefficient (Wildman–Crippen LogP) is 3.37. The van der Waals surface area contributed by atoms with Crippen LogP contribution in [-0.2, 0) is 13.6 Å². The van der Waals surface area contributed by atoms with Crippen LogP contribution in [0.4, 0.5) is 0 Å². The van der Waals surface area contributed by atoms with Crippen LogP contribution in [0.1, 0.15) is 17.7 Å². The quantitative estimate of drug-likeness (QED) is 0.656. The molecule has 0 saturated heterocycles. The Morgan fingerprint density at radius 1 is 1.17 bits per heavy atom. The van der Waals surface area contributed by atoms with Gasteiger partial charge >= 0.3 is 0 Å². The van der Waals surface area contributed by atoms with Gasteiger partial charge in [0.2, 0.25) is 0 Å². The lowest BCUT2D eigenvalue weighted by Gasteiger charge is -2.10. The molecule has 0 N–H and O–H groups in total. The zero-order valence-electron chi connectivity index (χ0n) is 13.9. The van der Waals surface area contributed by atoms with Gasteiger partial charge in [0.1, 0.15) is 5.75 Å². The minimum absolute atomic E-state index is 0.689. The number of nitrogens with zero attached hydrogens (tertiary/aromatic N) is 4. The molecule has 3 rings (SSSR count). The van der Waals surface area contributed by atoms with Crippen LogP contribution in [0.3, 0.4) is 0 Å². The third kappa shape index (κ3) is 3.44. The van der Waals surface area contributed by atoms with Crippen molar-refractivity contribution in [3.05, 3.63) is 54.2 Å². The van der Waals surface area contributed by atoms with Gasteiger partial charge in [0.25, 0.3) is 0 Å². The smallest absolute Gasteiger partial charge is 0.122 e. The highest BCUT2D eigenvalue weighted by molar-refractivity contribution is 5.60. The lowest BCUT2D eigenvalue weighted by molar-refractivity contribution is 0.300. The molecule has 0 radical (unpaired) electrons. The molecule has 2 aromatic heterocycles. The minimum Gasteiger partial charge on any atom is -0.493 e. The van der Waals surface area contributed by atoms with Crippen LogP contribution >= 0.6 is 0 Å². The first-order valence-corrected chi connectivity index (χ1v) is 7.84. The van der Waals surface area contributed by atoms with E-state index in [9.17, 15) is 0 Å². The molecule has 0 amide bonds. The van der Waals surface area contributed by atoms with Gasteiger partial charge in [-0.3, -0.25) is 4.68 Å². The number of aryl methyl sites for hydroxylation is 4. The highest BCUT2D eigenvalue weighted by Gasteiger charge is 2.11. The number of imidazole rings is 1. The first-order chi connectivity index (χ1) is 11.1. The number of hydrogen-bond donors (Lipinski definition) is 0. The average Bonchev–Trinajstić information content (AvgIpc) is 3.11. The van der Waals surface area contributed by atoms with Gasteiger partial charge in [-0.2, -0.15) is 5.10 Å². The molecule has 0 bridgehead atoms. The van der Waals surface area contributed by atoms with E-state index in [0.717, 1.165) is 35.7 Å². The Balaban J connectivity index is 1.61. The van der Waals surface area contributed by atoms with Gasteiger partial charge < -0.3 is 9.30 Å². The van der Waals surface area contributed by atoms with E-state index in [2.05, 4.69) is 27.6 Å². The van der Waals surface area contributed by atoms with Crippen molar-refractivity contribution in [2.45, 2.75) is 26.8 Å². The van der Waals surface area contributed by atoms with Crippen LogP contribution in [0, 0.1) is 13.8 Å². The molecular weight excluding hydrogens is 288 g/mol. The third-order valence-electron chi connectivity index (χ3n) is 3.90. The SMILES string of the molecule is Cc1ccccc1OCCCn1cncc1-c1cn(C)nc1C. The van der Waals surface area contributed by atoms with Crippen LogP contribution < -0.4 is 4.74 Å². The molecule has 2 heterocycles. The van der Waals surface area contributed by atoms with Crippen LogP contribution in [-0.4, -0.2) is 25.9 Å². The van der Waals surface area contributed by atoms with E-state index < -0.39 is 0 Å². The summed E-state index contributed by atoms with van der Waals surface area (Å²) in [6, 6.07) is 8.10. The van der Waals surface area contributed by atoms with E-state index in [-0.39, 0.29) is 0 Å². The van der Waals surface area contributed by atoms with Crippen molar-refractivity contribution in [2.24, 2.45) is 7.05 Å². The molecule has 0 aliphatic heterocycles. The van der Waals surface area contributed by atoms with Gasteiger partial charge in [-0.1, -0.05) is 18.2 Å². The summed E-state index contributed by atoms with van der Waals surface area (Å²) in [6.45, 7) is 5.65. The number of aromatic nitrogens is 4. The summed E-state index contributed by atoms with van der Waals surface area (Å²) >= 11 is 0. The number of hydrogen-bond acceptors (Lipinski definition) is 3. The van der Waals surface area contributed by atoms with Gasteiger partial charge in [0.05, 0.1) is 30.5 Å². The lowest BCUT2D eigenvalue weighted by atomic mass is 10.2. The van der Waals surface area contributed by atoms with E-state index in [1.807, 2.05) is 55.6 Å². The van der Waals surface area contributed by atoms with Crippen LogP contribution in [0.5, 0.6) is 5.75 Å². The molecule has 1 aromatic carbocycles. The second-order valence-electron chi connectivity index (χ2n) is 5.74. The predicted molar refractivity (Wildman–Crippen MR) is 90.5 cm³/mol. The second-order valence-corrected chi connectivity index (χ2v) is 5.74. The minimum atomic E-state index is 0.689. The molecule has 0 saturated carbocycles. The molecule has 3 aromatic rings. The summed E-state index contributed by atoms with van der Waals surface area (Å²) in [7, 11) is 1.94. The molecule has 5 nitrogen and oxygen atoms in total. The fourth-order valence-corrected chi connectivity index (χ4v) is 2.71. The zero-order valence-corrected chi connectivity index (χ0v) is 13.9. The van der Waals surface area contributed by atoms with Crippen LogP contribution in [0.25, 0.3) is 11.3 Å². The summed E-state index contributed by atoms with van der Waals surface area (Å²) in [5.41, 5.74) is 4.42. The van der Waals surface area contributed by atoms with E-state index in [1.165, 1.54) is 5.56 Å². The Labute approximate surface area is 136 Å². The third-order valence-corrected chi connectivity index (χ3v) is 3.90. The molecule has 120 valence electrons. The van der Waals surface area contributed by atoms with Gasteiger partial charge in [-0.05, 0) is 31.9 Å². The summed E-state index contributed by atoms with van der Waals surface area (Å²) in [5.74, 6) is 0.960. The first kappa shape index (κ1) is 15.3. The molecule has 0 aliphatic carbocycles. The molecule has 0 aliphatic rings. The van der Waals surface area contributed by atoms with E-state index in [4.69, 9.17) is 4.74 Å². The van der Waals surface area contributed by atoms with Crippen LogP contribution in [0.15, 0.2) is 43.0 Å². The molecule has 23 heavy (non-hydrogen) atoms. The van der Waals surface area contributed by atoms with Gasteiger partial charge in [-0.25, -0.2) is 4.98 Å². The summed E-state index contributed by atoms with van der Waals surface area (Å²) in [4.78, 5) is 4.29. The van der Waals surface area contributed by atoms with Crippen molar-refractivity contribution in [3.63, 3.8) is 0 Å². The molecular formula is C18H22N4O. The van der Waals surface area contributed by atoms with Crippen molar-refractivity contribution in [2.75, 3.05) is 6.61 Å². The Morgan fingerprint density at radius 2 is 2.00 bits per heavy atom. The number of ether oxygens (including phenoxy) is 1. The molecule has 0 fully saturated rings. The van der Waals surface area contributed by atoms with Gasteiger partial charge in [0.15, 0.2) is 0 Å². The Kier molecular flexibility index (Phi) is 4.46. The summed E-state index contributed by atoms with van der Waals surface area (Å²) in [5, 5.41) is 4.40. The average molecular weight is 310 g/mol. The van der Waals surface area contributed by atoms with Gasteiger partial charge in [0, 0.05) is 25.4 Å². The zero-order chi connectivity index (χ0) is 16.2. The van der Waals surface area contributed by atoms with Crippen molar-refractivity contribution in [3.8, 4) is 17.0 Å². The highest BCUT2D eigenvalue weighted by atomic mass is 16.5. The number of para-hydroxylation sites is 1. The van der Waals surface area contributed by atoms with Crippen molar-refractivity contribution in [1.82, 2.24) is 19.3 Å². The Morgan fingerprint density at radius 3 is 2.74 bits per heavy atom. The Bertz CT molecular complexity index is 788. The van der Waals surface area contributed by atoms with Crippen LogP contribution in [0.2, 0.25) is 0 Å². The number of rotatable bonds is 6. The monoisotopic (exact) mass is 310 g/mol. The second kappa shape index (κ2) is 6.69. The molecule has 0 atom stereocenters. The highest BCUT2D eigenvalue weighted by Crippen LogP contribution is 2.22. The molecule has 0 unspecified atom stereocenters. The maximum absolute atomic E-state index is 5.86. The Hall–Kier alpha value is -2.56. The standard InChI is InChI=1S/C18H22N4O/c1-14-7-4-5-8-18(14)23-10-6-9-22-13-19-11-17(22)16-12-21(3)20-15(16)2/h4-5,7-8,11-13H,6,9-10H2,1-3H3. The van der Waals surface area contributed by atoms with E-state index >= 15 is 0 Å². The van der Waals surface area contributed by atoms with E-state index in [0.29, 0.717) is 6.61 Å². The maximum Gasteiger partial charge on any atom is 0.122 e. The first-order valence-electron chi connectivity index (χ1n) is 7.84. The topological polar surface area (TPSA) is 44.9 Å². The molecule has 5 heteroatoms. The summed E-state index contributed by atoms with van der Waals surface area (Å²) < 4.78 is 9.85.